The number of aromatic hydroxyl groups is 2. The molecule has 2 heterocycles. The fourth-order valence-electron chi connectivity index (χ4n) is 9.00. The summed E-state index contributed by atoms with van der Waals surface area (Å²) in [6.07, 6.45) is 0.611. The monoisotopic (exact) mass is 798 g/mol. The molecule has 6 heteroatoms. The predicted octanol–water partition coefficient (Wildman–Crippen LogP) is 13.7. The van der Waals surface area contributed by atoms with Gasteiger partial charge in [-0.2, -0.15) is 0 Å². The molecule has 0 unspecified atom stereocenters. The molecule has 61 heavy (non-hydrogen) atoms. The highest BCUT2D eigenvalue weighted by molar-refractivity contribution is 6.10. The summed E-state index contributed by atoms with van der Waals surface area (Å²) in [5.74, 6) is 1.80. The summed E-state index contributed by atoms with van der Waals surface area (Å²) in [6.45, 7) is 9.02. The van der Waals surface area contributed by atoms with Gasteiger partial charge >= 0.3 is 0 Å². The lowest BCUT2D eigenvalue weighted by molar-refractivity contribution is 0.248. The van der Waals surface area contributed by atoms with Crippen LogP contribution in [0.2, 0.25) is 0 Å². The average Bonchev–Trinajstić information content (AvgIpc) is 3.78. The van der Waals surface area contributed by atoms with Crippen molar-refractivity contribution in [2.45, 2.75) is 34.1 Å². The lowest BCUT2D eigenvalue weighted by Crippen LogP contribution is -2.07. The smallest absolute Gasteiger partial charge is 0.147 e. The SMILES string of the molecule is Cc1ccc(-c2cc(C)cc(-n3c4ccccc4c4ccccc43)c2O)c(OCCCOc2cc(C)ccc2-c2cc(C)cc(-n3c4ccccc4c4ccccc43)c2O)c1. The van der Waals surface area contributed by atoms with Crippen molar-refractivity contribution in [3.8, 4) is 56.6 Å². The van der Waals surface area contributed by atoms with E-state index in [-0.39, 0.29) is 11.5 Å². The van der Waals surface area contributed by atoms with Gasteiger partial charge in [-0.25, -0.2) is 0 Å². The van der Waals surface area contributed by atoms with Crippen LogP contribution in [0, 0.1) is 27.7 Å². The van der Waals surface area contributed by atoms with Gasteiger partial charge in [0.2, 0.25) is 0 Å². The Balaban J connectivity index is 0.925. The topological polar surface area (TPSA) is 68.8 Å². The Morgan fingerprint density at radius 1 is 0.377 bits per heavy atom. The molecule has 0 amide bonds. The molecule has 0 fully saturated rings. The first kappa shape index (κ1) is 37.8. The summed E-state index contributed by atoms with van der Waals surface area (Å²) < 4.78 is 17.4. The summed E-state index contributed by atoms with van der Waals surface area (Å²) in [5.41, 5.74) is 12.9. The zero-order valence-corrected chi connectivity index (χ0v) is 34.7. The van der Waals surface area contributed by atoms with Gasteiger partial charge < -0.3 is 28.8 Å². The molecule has 0 aliphatic rings. The van der Waals surface area contributed by atoms with E-state index in [0.29, 0.717) is 42.3 Å². The van der Waals surface area contributed by atoms with Crippen LogP contribution in [0.4, 0.5) is 0 Å². The number of hydrogen-bond donors (Lipinski definition) is 2. The number of aryl methyl sites for hydroxylation is 4. The molecule has 10 aromatic rings. The number of fused-ring (bicyclic) bond motifs is 6. The molecule has 0 saturated carbocycles. The van der Waals surface area contributed by atoms with Gasteiger partial charge in [-0.3, -0.25) is 0 Å². The Morgan fingerprint density at radius 3 is 1.08 bits per heavy atom. The van der Waals surface area contributed by atoms with Gasteiger partial charge in [0.15, 0.2) is 0 Å². The molecule has 0 spiro atoms. The van der Waals surface area contributed by atoms with Gasteiger partial charge in [-0.05, 0) is 111 Å². The van der Waals surface area contributed by atoms with Crippen molar-refractivity contribution in [2.24, 2.45) is 0 Å². The van der Waals surface area contributed by atoms with E-state index in [4.69, 9.17) is 9.47 Å². The number of aromatic nitrogens is 2. The molecule has 0 saturated heterocycles. The van der Waals surface area contributed by atoms with Crippen molar-refractivity contribution >= 4 is 43.6 Å². The summed E-state index contributed by atoms with van der Waals surface area (Å²) in [4.78, 5) is 0. The van der Waals surface area contributed by atoms with E-state index in [0.717, 1.165) is 88.4 Å². The minimum atomic E-state index is 0.196. The molecule has 300 valence electrons. The number of nitrogens with zero attached hydrogens (tertiary/aromatic N) is 2. The van der Waals surface area contributed by atoms with E-state index in [9.17, 15) is 10.2 Å². The summed E-state index contributed by atoms with van der Waals surface area (Å²) >= 11 is 0. The number of ether oxygens (including phenoxy) is 2. The van der Waals surface area contributed by atoms with E-state index in [1.54, 1.807) is 0 Å². The Hall–Kier alpha value is -7.44. The highest BCUT2D eigenvalue weighted by Gasteiger charge is 2.22. The summed E-state index contributed by atoms with van der Waals surface area (Å²) in [5, 5.41) is 28.8. The molecule has 0 aliphatic carbocycles. The molecule has 8 aromatic carbocycles. The van der Waals surface area contributed by atoms with E-state index < -0.39 is 0 Å². The van der Waals surface area contributed by atoms with Crippen molar-refractivity contribution in [1.82, 2.24) is 9.13 Å². The van der Waals surface area contributed by atoms with Gasteiger partial charge in [0.1, 0.15) is 23.0 Å². The van der Waals surface area contributed by atoms with Crippen LogP contribution in [0.25, 0.3) is 77.2 Å². The van der Waals surface area contributed by atoms with E-state index in [1.807, 2.05) is 86.6 Å². The van der Waals surface area contributed by atoms with Crippen molar-refractivity contribution in [3.05, 3.63) is 180 Å². The van der Waals surface area contributed by atoms with Crippen LogP contribution < -0.4 is 9.47 Å². The third-order valence-corrected chi connectivity index (χ3v) is 11.8. The standard InChI is InChI=1S/C55H46N2O4/c1-34-22-24-42(44-28-36(3)30-50(54(44)58)56-46-18-9-5-14-38(46)39-15-6-10-19-47(39)56)52(32-34)60-26-13-27-61-53-33-35(2)23-25-43(53)45-29-37(4)31-51(55(45)59)57-48-20-11-7-16-40(48)41-17-8-12-21-49(41)57/h5-12,14-25,28-33,58-59H,13,26-27H2,1-4H3. The lowest BCUT2D eigenvalue weighted by Gasteiger charge is -2.19. The Bertz CT molecular complexity index is 2990. The quantitative estimate of drug-likeness (QED) is 0.135. The number of hydrogen-bond acceptors (Lipinski definition) is 4. The molecule has 2 aromatic heterocycles. The number of benzene rings is 8. The van der Waals surface area contributed by atoms with Crippen LogP contribution >= 0.6 is 0 Å². The van der Waals surface area contributed by atoms with Crippen molar-refractivity contribution in [2.75, 3.05) is 13.2 Å². The third kappa shape index (κ3) is 6.61. The molecular weight excluding hydrogens is 753 g/mol. The van der Waals surface area contributed by atoms with Crippen molar-refractivity contribution in [1.29, 1.82) is 0 Å². The van der Waals surface area contributed by atoms with Crippen molar-refractivity contribution in [3.63, 3.8) is 0 Å². The number of phenolic OH excluding ortho intramolecular Hbond substituents is 2. The van der Waals surface area contributed by atoms with Crippen molar-refractivity contribution < 1.29 is 19.7 Å². The van der Waals surface area contributed by atoms with Gasteiger partial charge in [-0.1, -0.05) is 97.1 Å². The van der Waals surface area contributed by atoms with E-state index >= 15 is 0 Å². The van der Waals surface area contributed by atoms with Crippen LogP contribution in [0.3, 0.4) is 0 Å². The zero-order chi connectivity index (χ0) is 41.8. The minimum Gasteiger partial charge on any atom is -0.505 e. The summed E-state index contributed by atoms with van der Waals surface area (Å²) in [7, 11) is 0. The molecule has 0 atom stereocenters. The molecule has 0 aliphatic heterocycles. The maximum Gasteiger partial charge on any atom is 0.147 e. The third-order valence-electron chi connectivity index (χ3n) is 11.8. The second-order valence-corrected chi connectivity index (χ2v) is 16.1. The Labute approximate surface area is 355 Å². The molecule has 2 N–H and O–H groups in total. The maximum absolute atomic E-state index is 12.1. The van der Waals surface area contributed by atoms with Crippen LogP contribution in [0.1, 0.15) is 28.7 Å². The lowest BCUT2D eigenvalue weighted by atomic mass is 9.98. The van der Waals surface area contributed by atoms with Gasteiger partial charge in [-0.15, -0.1) is 0 Å². The highest BCUT2D eigenvalue weighted by atomic mass is 16.5. The Morgan fingerprint density at radius 2 is 0.721 bits per heavy atom. The first-order valence-corrected chi connectivity index (χ1v) is 20.9. The van der Waals surface area contributed by atoms with Crippen LogP contribution in [-0.2, 0) is 0 Å². The van der Waals surface area contributed by atoms with Crippen LogP contribution in [0.15, 0.2) is 158 Å². The van der Waals surface area contributed by atoms with Crippen LogP contribution in [-0.4, -0.2) is 32.6 Å². The molecule has 0 bridgehead atoms. The predicted molar refractivity (Wildman–Crippen MR) is 250 cm³/mol. The first-order chi connectivity index (χ1) is 29.7. The van der Waals surface area contributed by atoms with E-state index in [2.05, 4.69) is 108 Å². The fraction of sp³-hybridized carbons (Fsp3) is 0.127. The zero-order valence-electron chi connectivity index (χ0n) is 34.7. The van der Waals surface area contributed by atoms with Gasteiger partial charge in [0, 0.05) is 50.2 Å². The van der Waals surface area contributed by atoms with E-state index in [1.165, 1.54) is 0 Å². The fourth-order valence-corrected chi connectivity index (χ4v) is 9.00. The molecule has 6 nitrogen and oxygen atoms in total. The second-order valence-electron chi connectivity index (χ2n) is 16.1. The number of rotatable bonds is 10. The average molecular weight is 799 g/mol. The summed E-state index contributed by atoms with van der Waals surface area (Å²) in [6, 6.07) is 53.7. The second kappa shape index (κ2) is 15.3. The first-order valence-electron chi connectivity index (χ1n) is 20.9. The normalized spacial score (nSPS) is 11.6. The highest BCUT2D eigenvalue weighted by Crippen LogP contribution is 2.45. The minimum absolute atomic E-state index is 0.196. The molecule has 0 radical (unpaired) electrons. The van der Waals surface area contributed by atoms with Crippen LogP contribution in [0.5, 0.6) is 23.0 Å². The molecular formula is C55H46N2O4. The largest absolute Gasteiger partial charge is 0.505 e. The number of phenols is 2. The molecule has 10 rings (SSSR count). The Kier molecular flexibility index (Phi) is 9.48. The van der Waals surface area contributed by atoms with Gasteiger partial charge in [0.25, 0.3) is 0 Å². The van der Waals surface area contributed by atoms with Gasteiger partial charge in [0.05, 0.1) is 46.7 Å². The maximum atomic E-state index is 12.1. The number of para-hydroxylation sites is 4.